The lowest BCUT2D eigenvalue weighted by Gasteiger charge is -2.11. The van der Waals surface area contributed by atoms with Crippen LogP contribution in [-0.4, -0.2) is 22.9 Å². The van der Waals surface area contributed by atoms with Gasteiger partial charge < -0.3 is 9.47 Å². The second-order valence-electron chi connectivity index (χ2n) is 5.55. The van der Waals surface area contributed by atoms with Crippen LogP contribution in [0.3, 0.4) is 0 Å². The summed E-state index contributed by atoms with van der Waals surface area (Å²) in [4.78, 5) is 24.8. The minimum absolute atomic E-state index is 0.169. The Hall–Kier alpha value is -3.66. The number of hydrogen-bond acceptors (Lipinski definition) is 6. The Balaban J connectivity index is 1.88. The smallest absolute Gasteiger partial charge is 0.333 e. The van der Waals surface area contributed by atoms with Gasteiger partial charge in [-0.2, -0.15) is 10.4 Å². The first-order valence-electron chi connectivity index (χ1n) is 7.78. The number of hydrogen-bond donors (Lipinski definition) is 0. The molecule has 0 amide bonds. The topological polar surface area (TPSA) is 94.2 Å². The zero-order valence-corrected chi connectivity index (χ0v) is 14.2. The molecule has 1 heterocycles. The molecule has 0 aliphatic heterocycles. The molecule has 0 saturated heterocycles. The fourth-order valence-corrected chi connectivity index (χ4v) is 2.61. The first-order valence-corrected chi connectivity index (χ1v) is 7.78. The summed E-state index contributed by atoms with van der Waals surface area (Å²) in [5.41, 5.74) is 0.656. The third-order valence-electron chi connectivity index (χ3n) is 3.85. The van der Waals surface area contributed by atoms with Crippen molar-refractivity contribution in [2.24, 2.45) is 0 Å². The van der Waals surface area contributed by atoms with Gasteiger partial charge in [0.05, 0.1) is 29.8 Å². The van der Waals surface area contributed by atoms with E-state index in [2.05, 4.69) is 5.10 Å². The Morgan fingerprint density at radius 3 is 2.62 bits per heavy atom. The number of esters is 1. The third-order valence-corrected chi connectivity index (χ3v) is 3.85. The van der Waals surface area contributed by atoms with Gasteiger partial charge >= 0.3 is 5.97 Å². The van der Waals surface area contributed by atoms with Crippen molar-refractivity contribution in [3.8, 4) is 17.6 Å². The monoisotopic (exact) mass is 349 g/mol. The molecule has 0 spiro atoms. The molecule has 0 atom stereocenters. The number of aryl methyl sites for hydroxylation is 1. The summed E-state index contributed by atoms with van der Waals surface area (Å²) >= 11 is 0. The largest absolute Gasteiger partial charge is 0.493 e. The Morgan fingerprint density at radius 2 is 1.92 bits per heavy atom. The Bertz CT molecular complexity index is 1100. The maximum Gasteiger partial charge on any atom is 0.333 e. The second kappa shape index (κ2) is 7.07. The van der Waals surface area contributed by atoms with Crippen LogP contribution in [-0.2, 0) is 11.3 Å². The highest BCUT2D eigenvalue weighted by atomic mass is 16.6. The summed E-state index contributed by atoms with van der Waals surface area (Å²) in [5.74, 6) is -0.244. The maximum atomic E-state index is 12.5. The molecule has 3 rings (SSSR count). The Kier molecular flexibility index (Phi) is 4.67. The van der Waals surface area contributed by atoms with Crippen LogP contribution in [0.2, 0.25) is 0 Å². The lowest BCUT2D eigenvalue weighted by atomic mass is 10.1. The van der Waals surface area contributed by atoms with Crippen LogP contribution in [0.1, 0.15) is 11.3 Å². The van der Waals surface area contributed by atoms with Crippen LogP contribution in [0.4, 0.5) is 0 Å². The maximum absolute atomic E-state index is 12.5. The fourth-order valence-electron chi connectivity index (χ4n) is 2.61. The predicted molar refractivity (Wildman–Crippen MR) is 94.1 cm³/mol. The molecule has 0 bridgehead atoms. The molecular weight excluding hydrogens is 334 g/mol. The van der Waals surface area contributed by atoms with Gasteiger partial charge in [-0.05, 0) is 25.1 Å². The molecule has 130 valence electrons. The molecular formula is C19H15N3O4. The zero-order chi connectivity index (χ0) is 18.7. The molecule has 0 aliphatic carbocycles. The highest BCUT2D eigenvalue weighted by Crippen LogP contribution is 2.28. The number of fused-ring (bicyclic) bond motifs is 1. The molecule has 7 nitrogen and oxygen atoms in total. The predicted octanol–water partition coefficient (Wildman–Crippen LogP) is 2.19. The van der Waals surface area contributed by atoms with Gasteiger partial charge in [0, 0.05) is 11.5 Å². The van der Waals surface area contributed by atoms with E-state index in [9.17, 15) is 9.59 Å². The molecule has 0 unspecified atom stereocenters. The van der Waals surface area contributed by atoms with E-state index in [1.54, 1.807) is 19.1 Å². The van der Waals surface area contributed by atoms with Gasteiger partial charge in [-0.3, -0.25) is 4.79 Å². The van der Waals surface area contributed by atoms with Gasteiger partial charge in [0.15, 0.2) is 11.5 Å². The summed E-state index contributed by atoms with van der Waals surface area (Å²) in [6.07, 6.45) is 0. The van der Waals surface area contributed by atoms with E-state index in [1.165, 1.54) is 25.3 Å². The normalized spacial score (nSPS) is 10.3. The van der Waals surface area contributed by atoms with E-state index in [0.29, 0.717) is 16.6 Å². The Labute approximate surface area is 149 Å². The van der Waals surface area contributed by atoms with Gasteiger partial charge in [-0.15, -0.1) is 0 Å². The van der Waals surface area contributed by atoms with Crippen LogP contribution in [0.5, 0.6) is 11.5 Å². The number of aromatic nitrogens is 2. The van der Waals surface area contributed by atoms with E-state index in [-0.39, 0.29) is 23.6 Å². The van der Waals surface area contributed by atoms with Crippen LogP contribution in [0.25, 0.3) is 10.8 Å². The van der Waals surface area contributed by atoms with Crippen molar-refractivity contribution in [3.05, 3.63) is 64.1 Å². The highest BCUT2D eigenvalue weighted by Gasteiger charge is 2.15. The van der Waals surface area contributed by atoms with Gasteiger partial charge in [-0.1, -0.05) is 18.2 Å². The molecule has 1 aromatic heterocycles. The number of nitriles is 1. The molecule has 0 aliphatic rings. The summed E-state index contributed by atoms with van der Waals surface area (Å²) in [5, 5.41) is 14.3. The minimum atomic E-state index is -0.669. The third kappa shape index (κ3) is 3.26. The van der Waals surface area contributed by atoms with Crippen molar-refractivity contribution in [2.75, 3.05) is 7.11 Å². The summed E-state index contributed by atoms with van der Waals surface area (Å²) in [7, 11) is 1.41. The molecule has 2 aromatic carbocycles. The fraction of sp³-hybridized carbons (Fsp3) is 0.158. The van der Waals surface area contributed by atoms with E-state index in [0.717, 1.165) is 10.1 Å². The van der Waals surface area contributed by atoms with Crippen molar-refractivity contribution in [1.82, 2.24) is 9.78 Å². The number of methoxy groups -OCH3 is 1. The quantitative estimate of drug-likeness (QED) is 0.529. The van der Waals surface area contributed by atoms with Crippen LogP contribution >= 0.6 is 0 Å². The van der Waals surface area contributed by atoms with Gasteiger partial charge in [-0.25, -0.2) is 9.48 Å². The van der Waals surface area contributed by atoms with E-state index < -0.39 is 5.97 Å². The van der Waals surface area contributed by atoms with Crippen LogP contribution in [0, 0.1) is 18.3 Å². The lowest BCUT2D eigenvalue weighted by Crippen LogP contribution is -2.29. The van der Waals surface area contributed by atoms with Crippen LogP contribution < -0.4 is 15.0 Å². The molecule has 0 N–H and O–H groups in total. The van der Waals surface area contributed by atoms with Crippen molar-refractivity contribution >= 4 is 16.7 Å². The average molecular weight is 349 g/mol. The molecule has 0 fully saturated rings. The zero-order valence-electron chi connectivity index (χ0n) is 14.2. The van der Waals surface area contributed by atoms with Crippen LogP contribution in [0.15, 0.2) is 47.3 Å². The average Bonchev–Trinajstić information content (AvgIpc) is 2.66. The second-order valence-corrected chi connectivity index (χ2v) is 5.55. The number of rotatable bonds is 4. The van der Waals surface area contributed by atoms with Gasteiger partial charge in [0.2, 0.25) is 0 Å². The van der Waals surface area contributed by atoms with Crippen molar-refractivity contribution in [1.29, 1.82) is 5.26 Å². The summed E-state index contributed by atoms with van der Waals surface area (Å²) in [6, 6.07) is 13.5. The number of carbonyl (C=O) groups is 1. The number of nitrogens with zero attached hydrogens (tertiary/aromatic N) is 3. The number of carbonyl (C=O) groups excluding carboxylic acids is 1. The number of benzene rings is 2. The molecule has 0 saturated carbocycles. The van der Waals surface area contributed by atoms with Crippen molar-refractivity contribution < 1.29 is 14.3 Å². The minimum Gasteiger partial charge on any atom is -0.493 e. The van der Waals surface area contributed by atoms with Crippen molar-refractivity contribution in [2.45, 2.75) is 13.5 Å². The van der Waals surface area contributed by atoms with E-state index in [4.69, 9.17) is 14.7 Å². The summed E-state index contributed by atoms with van der Waals surface area (Å²) < 4.78 is 11.5. The summed E-state index contributed by atoms with van der Waals surface area (Å²) in [6.45, 7) is 1.43. The number of ether oxygens (including phenoxy) is 2. The van der Waals surface area contributed by atoms with Crippen molar-refractivity contribution in [3.63, 3.8) is 0 Å². The van der Waals surface area contributed by atoms with Gasteiger partial charge in [0.1, 0.15) is 6.54 Å². The first kappa shape index (κ1) is 17.2. The molecule has 26 heavy (non-hydrogen) atoms. The molecule has 7 heteroatoms. The Morgan fingerprint density at radius 1 is 1.19 bits per heavy atom. The van der Waals surface area contributed by atoms with E-state index in [1.807, 2.05) is 18.2 Å². The molecule has 3 aromatic rings. The first-order chi connectivity index (χ1) is 12.5. The highest BCUT2D eigenvalue weighted by molar-refractivity contribution is 5.83. The lowest BCUT2D eigenvalue weighted by molar-refractivity contribution is -0.135. The molecule has 0 radical (unpaired) electrons. The SMILES string of the molecule is COc1cc(C#N)ccc1OC(=O)Cn1nc(C)c2ccccc2c1=O. The van der Waals surface area contributed by atoms with Gasteiger partial charge in [0.25, 0.3) is 5.56 Å². The van der Waals surface area contributed by atoms with E-state index >= 15 is 0 Å². The standard InChI is InChI=1S/C19H15N3O4/c1-12-14-5-3-4-6-15(14)19(24)22(21-12)11-18(23)26-16-8-7-13(10-20)9-17(16)25-2/h3-9H,11H2,1-2H3.